The normalized spacial score (nSPS) is 36.0. The zero-order valence-electron chi connectivity index (χ0n) is 13.1. The van der Waals surface area contributed by atoms with E-state index in [2.05, 4.69) is 10.1 Å². The lowest BCUT2D eigenvalue weighted by atomic mass is 9.71. The van der Waals surface area contributed by atoms with Crippen LogP contribution < -0.4 is 5.32 Å². The van der Waals surface area contributed by atoms with Gasteiger partial charge in [0.15, 0.2) is 11.9 Å². The summed E-state index contributed by atoms with van der Waals surface area (Å²) >= 11 is 0. The monoisotopic (exact) mass is 355 g/mol. The minimum absolute atomic E-state index is 0.0475. The molecule has 0 spiro atoms. The Hall–Kier alpha value is -1.48. The topological polar surface area (TPSA) is 47.6 Å². The van der Waals surface area contributed by atoms with Crippen molar-refractivity contribution in [2.24, 2.45) is 5.92 Å². The zero-order valence-corrected chi connectivity index (χ0v) is 13.1. The Morgan fingerprint density at radius 2 is 2.08 bits per heavy atom. The highest BCUT2D eigenvalue weighted by molar-refractivity contribution is 5.74. The van der Waals surface area contributed by atoms with E-state index >= 15 is 0 Å². The fraction of sp³-hybridized carbons (Fsp3) is 0.667. The number of rotatable bonds is 4. The smallest absolute Gasteiger partial charge is 0.349 e. The van der Waals surface area contributed by atoms with E-state index in [0.29, 0.717) is 0 Å². The van der Waals surface area contributed by atoms with Gasteiger partial charge < -0.3 is 10.1 Å². The number of fused-ring (bicyclic) bond motifs is 1. The van der Waals surface area contributed by atoms with E-state index in [1.807, 2.05) is 0 Å². The van der Waals surface area contributed by atoms with Gasteiger partial charge in [0.1, 0.15) is 12.3 Å². The number of carbonyl (C=O) groups is 1. The highest BCUT2D eigenvalue weighted by Gasteiger charge is 2.61. The van der Waals surface area contributed by atoms with Gasteiger partial charge in [-0.05, 0) is 18.9 Å². The molecular weight excluding hydrogens is 337 g/mol. The predicted octanol–water partition coefficient (Wildman–Crippen LogP) is 2.95. The van der Waals surface area contributed by atoms with Gasteiger partial charge in [0.25, 0.3) is 0 Å². The first-order valence-electron chi connectivity index (χ1n) is 7.45. The van der Waals surface area contributed by atoms with E-state index in [4.69, 9.17) is 4.74 Å². The average Bonchev–Trinajstić information content (AvgIpc) is 2.48. The van der Waals surface area contributed by atoms with E-state index in [-0.39, 0.29) is 18.6 Å². The van der Waals surface area contributed by atoms with Gasteiger partial charge in [-0.3, -0.25) is 9.53 Å². The van der Waals surface area contributed by atoms with E-state index in [1.54, 1.807) is 6.08 Å². The number of nitrogens with one attached hydrogen (secondary N) is 1. The van der Waals surface area contributed by atoms with Crippen LogP contribution in [0.25, 0.3) is 0 Å². The molecule has 0 saturated heterocycles. The number of alkyl halides is 5. The van der Waals surface area contributed by atoms with E-state index in [0.717, 1.165) is 6.92 Å². The third kappa shape index (κ3) is 3.46. The molecule has 0 aromatic carbocycles. The summed E-state index contributed by atoms with van der Waals surface area (Å²) in [4.78, 5) is 11.5. The van der Waals surface area contributed by atoms with Crippen molar-refractivity contribution in [2.75, 3.05) is 6.61 Å². The fourth-order valence-electron chi connectivity index (χ4n) is 3.24. The molecule has 0 aromatic rings. The molecule has 24 heavy (non-hydrogen) atoms. The van der Waals surface area contributed by atoms with Crippen LogP contribution in [-0.4, -0.2) is 43.0 Å². The summed E-state index contributed by atoms with van der Waals surface area (Å²) < 4.78 is 76.4. The first-order chi connectivity index (χ1) is 11.1. The van der Waals surface area contributed by atoms with Crippen molar-refractivity contribution < 1.29 is 36.2 Å². The van der Waals surface area contributed by atoms with Crippen molar-refractivity contribution in [3.05, 3.63) is 23.8 Å². The summed E-state index contributed by atoms with van der Waals surface area (Å²) in [5, 5.41) is 2.23. The summed E-state index contributed by atoms with van der Waals surface area (Å²) in [6.45, 7) is 2.46. The van der Waals surface area contributed by atoms with Gasteiger partial charge in [-0.1, -0.05) is 18.2 Å². The van der Waals surface area contributed by atoms with Gasteiger partial charge in [-0.15, -0.1) is 13.2 Å². The number of hydrogen-bond donors (Lipinski definition) is 1. The maximum atomic E-state index is 15.0. The lowest BCUT2D eigenvalue weighted by molar-refractivity contribution is -0.365. The molecule has 5 atom stereocenters. The Morgan fingerprint density at radius 3 is 2.62 bits per heavy atom. The van der Waals surface area contributed by atoms with Crippen LogP contribution >= 0.6 is 0 Å². The third-order valence-corrected chi connectivity index (χ3v) is 4.01. The summed E-state index contributed by atoms with van der Waals surface area (Å²) in [6.07, 6.45) is -8.00. The standard InChI is InChI=1S/C15H18F5NO3/c1-3-23-14(21-8(2)22)10-7-5-4-6-9(10)11(16)12(13(14)17)24-15(18,19)20/h4-5,7,9,11-13H,3,6H2,1-2H3,(H,21,22). The molecule has 0 aliphatic heterocycles. The van der Waals surface area contributed by atoms with Crippen molar-refractivity contribution in [1.82, 2.24) is 5.32 Å². The van der Waals surface area contributed by atoms with Gasteiger partial charge in [0.05, 0.1) is 0 Å². The predicted molar refractivity (Wildman–Crippen MR) is 74.2 cm³/mol. The molecular formula is C15H18F5NO3. The minimum Gasteiger partial charge on any atom is -0.349 e. The van der Waals surface area contributed by atoms with Crippen molar-refractivity contribution in [3.8, 4) is 0 Å². The van der Waals surface area contributed by atoms with E-state index in [9.17, 15) is 26.7 Å². The number of carbonyl (C=O) groups excluding carboxylic acids is 1. The molecule has 1 amide bonds. The number of halogens is 5. The Morgan fingerprint density at radius 1 is 1.42 bits per heavy atom. The Balaban J connectivity index is 2.52. The Bertz CT molecular complexity index is 548. The van der Waals surface area contributed by atoms with Crippen LogP contribution in [0.4, 0.5) is 22.0 Å². The van der Waals surface area contributed by atoms with Crippen molar-refractivity contribution in [3.63, 3.8) is 0 Å². The second-order valence-corrected chi connectivity index (χ2v) is 5.62. The summed E-state index contributed by atoms with van der Waals surface area (Å²) in [6, 6.07) is 0. The average molecular weight is 355 g/mol. The first kappa shape index (κ1) is 18.9. The van der Waals surface area contributed by atoms with Crippen LogP contribution in [0.3, 0.4) is 0 Å². The SMILES string of the molecule is CCOC1(NC(C)=O)C2=CC=CCC2C(F)C(OC(F)(F)F)C1F. The summed E-state index contributed by atoms with van der Waals surface area (Å²) in [5.41, 5.74) is -2.14. The maximum absolute atomic E-state index is 15.0. The molecule has 1 fully saturated rings. The molecule has 5 unspecified atom stereocenters. The highest BCUT2D eigenvalue weighted by atomic mass is 19.4. The second-order valence-electron chi connectivity index (χ2n) is 5.62. The third-order valence-electron chi connectivity index (χ3n) is 4.01. The molecule has 4 nitrogen and oxygen atoms in total. The summed E-state index contributed by atoms with van der Waals surface area (Å²) in [5.74, 6) is -1.81. The molecule has 136 valence electrons. The molecule has 2 aliphatic carbocycles. The number of allylic oxidation sites excluding steroid dienone is 3. The van der Waals surface area contributed by atoms with Crippen LogP contribution in [0.2, 0.25) is 0 Å². The van der Waals surface area contributed by atoms with Crippen molar-refractivity contribution in [2.45, 2.75) is 50.8 Å². The maximum Gasteiger partial charge on any atom is 0.522 e. The van der Waals surface area contributed by atoms with Crippen LogP contribution in [0.1, 0.15) is 20.3 Å². The fourth-order valence-corrected chi connectivity index (χ4v) is 3.24. The molecule has 1 N–H and O–H groups in total. The van der Waals surface area contributed by atoms with Crippen LogP contribution in [0.15, 0.2) is 23.8 Å². The molecule has 9 heteroatoms. The summed E-state index contributed by atoms with van der Waals surface area (Å²) in [7, 11) is 0. The quantitative estimate of drug-likeness (QED) is 0.623. The van der Waals surface area contributed by atoms with Crippen LogP contribution in [0.5, 0.6) is 0 Å². The molecule has 0 radical (unpaired) electrons. The van der Waals surface area contributed by atoms with Gasteiger partial charge in [-0.25, -0.2) is 8.78 Å². The molecule has 2 rings (SSSR count). The first-order valence-corrected chi connectivity index (χ1v) is 7.45. The lowest BCUT2D eigenvalue weighted by Gasteiger charge is -2.50. The van der Waals surface area contributed by atoms with Crippen LogP contribution in [0, 0.1) is 5.92 Å². The molecule has 0 bridgehead atoms. The van der Waals surface area contributed by atoms with Gasteiger partial charge in [0, 0.05) is 19.4 Å². The Kier molecular flexibility index (Phi) is 5.34. The van der Waals surface area contributed by atoms with Crippen LogP contribution in [-0.2, 0) is 14.3 Å². The van der Waals surface area contributed by atoms with Crippen molar-refractivity contribution in [1.29, 1.82) is 0 Å². The molecule has 2 aliphatic rings. The lowest BCUT2D eigenvalue weighted by Crippen LogP contribution is -2.69. The highest BCUT2D eigenvalue weighted by Crippen LogP contribution is 2.47. The van der Waals surface area contributed by atoms with E-state index in [1.165, 1.54) is 19.1 Å². The van der Waals surface area contributed by atoms with Gasteiger partial charge >= 0.3 is 6.36 Å². The minimum atomic E-state index is -5.22. The zero-order chi connectivity index (χ0) is 18.1. The van der Waals surface area contributed by atoms with Crippen molar-refractivity contribution >= 4 is 5.91 Å². The van der Waals surface area contributed by atoms with E-state index < -0.39 is 42.4 Å². The molecule has 1 saturated carbocycles. The molecule has 0 heterocycles. The van der Waals surface area contributed by atoms with Gasteiger partial charge in [0.2, 0.25) is 5.91 Å². The number of amides is 1. The Labute approximate surface area is 135 Å². The second kappa shape index (κ2) is 6.79. The number of hydrogen-bond acceptors (Lipinski definition) is 3. The molecule has 0 aromatic heterocycles. The largest absolute Gasteiger partial charge is 0.522 e. The number of ether oxygens (including phenoxy) is 2. The van der Waals surface area contributed by atoms with Gasteiger partial charge in [-0.2, -0.15) is 0 Å².